The third kappa shape index (κ3) is 4.35. The zero-order valence-electron chi connectivity index (χ0n) is 20.8. The van der Waals surface area contributed by atoms with E-state index in [1.807, 2.05) is 6.08 Å². The Morgan fingerprint density at radius 3 is 2.51 bits per heavy atom. The number of likely N-dealkylation sites (tertiary alicyclic amines) is 2. The minimum absolute atomic E-state index is 0.106. The average Bonchev–Trinajstić information content (AvgIpc) is 3.55. The third-order valence-corrected chi connectivity index (χ3v) is 8.31. The van der Waals surface area contributed by atoms with Crippen LogP contribution in [0.5, 0.6) is 5.75 Å². The summed E-state index contributed by atoms with van der Waals surface area (Å²) in [5.41, 5.74) is 2.89. The molecule has 2 N–H and O–H groups in total. The number of dihydropyridines is 1. The average molecular weight is 543 g/mol. The van der Waals surface area contributed by atoms with Gasteiger partial charge in [-0.2, -0.15) is 5.10 Å². The molecule has 2 saturated heterocycles. The number of halogens is 3. The number of aromatic nitrogens is 3. The van der Waals surface area contributed by atoms with Crippen molar-refractivity contribution < 1.29 is 9.13 Å². The van der Waals surface area contributed by atoms with Crippen LogP contribution in [0.15, 0.2) is 42.5 Å². The molecule has 0 saturated carbocycles. The van der Waals surface area contributed by atoms with Crippen molar-refractivity contribution in [3.05, 3.63) is 69.6 Å². The molecule has 3 aromatic rings. The minimum atomic E-state index is -0.575. The maximum Gasteiger partial charge on any atom is 0.176 e. The van der Waals surface area contributed by atoms with Crippen LogP contribution in [-0.4, -0.2) is 63.2 Å². The first-order valence-electron chi connectivity index (χ1n) is 12.6. The smallest absolute Gasteiger partial charge is 0.176 e. The fourth-order valence-corrected chi connectivity index (χ4v) is 6.37. The molecule has 7 nitrogen and oxygen atoms in total. The second kappa shape index (κ2) is 9.49. The van der Waals surface area contributed by atoms with Crippen LogP contribution in [0.25, 0.3) is 16.5 Å². The molecule has 37 heavy (non-hydrogen) atoms. The van der Waals surface area contributed by atoms with Gasteiger partial charge in [0, 0.05) is 37.6 Å². The number of aromatic amines is 1. The highest BCUT2D eigenvalue weighted by atomic mass is 35.5. The van der Waals surface area contributed by atoms with Gasteiger partial charge in [-0.15, -0.1) is 0 Å². The van der Waals surface area contributed by atoms with Crippen molar-refractivity contribution in [2.75, 3.05) is 32.7 Å². The highest BCUT2D eigenvalue weighted by Gasteiger charge is 2.45. The molecule has 194 valence electrons. The number of nitrogens with zero attached hydrogens (tertiary/aromatic N) is 4. The van der Waals surface area contributed by atoms with Crippen molar-refractivity contribution in [3.8, 4) is 5.75 Å². The SMILES string of the molecule is C[C@@H](Oc1ccc2[nH]nc(C3=CC=C(N4CC(C)(N5CCCC5)C4)NC3)c2c1F)c1c(Cl)cncc1Cl. The molecule has 2 fully saturated rings. The monoisotopic (exact) mass is 542 g/mol. The number of H-pyrrole nitrogens is 1. The molecule has 1 aromatic carbocycles. The van der Waals surface area contributed by atoms with E-state index in [2.05, 4.69) is 43.3 Å². The molecule has 10 heteroatoms. The van der Waals surface area contributed by atoms with Gasteiger partial charge in [0.25, 0.3) is 0 Å². The Bertz CT molecular complexity index is 1390. The molecule has 0 unspecified atom stereocenters. The topological polar surface area (TPSA) is 69.3 Å². The predicted molar refractivity (Wildman–Crippen MR) is 144 cm³/mol. The molecule has 0 bridgehead atoms. The van der Waals surface area contributed by atoms with E-state index in [4.69, 9.17) is 27.9 Å². The Morgan fingerprint density at radius 1 is 1.11 bits per heavy atom. The van der Waals surface area contributed by atoms with E-state index in [0.717, 1.165) is 24.5 Å². The zero-order valence-corrected chi connectivity index (χ0v) is 22.3. The summed E-state index contributed by atoms with van der Waals surface area (Å²) >= 11 is 12.5. The molecule has 2 aromatic heterocycles. The summed E-state index contributed by atoms with van der Waals surface area (Å²) in [6, 6.07) is 3.36. The van der Waals surface area contributed by atoms with Crippen LogP contribution in [0.3, 0.4) is 0 Å². The van der Waals surface area contributed by atoms with Gasteiger partial charge in [0.1, 0.15) is 17.6 Å². The van der Waals surface area contributed by atoms with Crippen molar-refractivity contribution in [2.24, 2.45) is 0 Å². The second-order valence-corrected chi connectivity index (χ2v) is 11.1. The second-order valence-electron chi connectivity index (χ2n) is 10.3. The van der Waals surface area contributed by atoms with Crippen molar-refractivity contribution >= 4 is 39.7 Å². The molecule has 0 radical (unpaired) electrons. The van der Waals surface area contributed by atoms with E-state index >= 15 is 4.39 Å². The lowest BCUT2D eigenvalue weighted by atomic mass is 9.90. The number of hydrogen-bond donors (Lipinski definition) is 2. The van der Waals surface area contributed by atoms with Crippen molar-refractivity contribution in [2.45, 2.75) is 38.3 Å². The molecule has 3 aliphatic rings. The van der Waals surface area contributed by atoms with Gasteiger partial charge in [0.2, 0.25) is 0 Å². The minimum Gasteiger partial charge on any atom is -0.483 e. The molecule has 6 rings (SSSR count). The van der Waals surface area contributed by atoms with Gasteiger partial charge in [-0.25, -0.2) is 4.39 Å². The van der Waals surface area contributed by atoms with Crippen LogP contribution in [0.1, 0.15) is 44.1 Å². The van der Waals surface area contributed by atoms with Crippen LogP contribution >= 0.6 is 23.2 Å². The summed E-state index contributed by atoms with van der Waals surface area (Å²) in [4.78, 5) is 8.96. The van der Waals surface area contributed by atoms with E-state index in [1.54, 1.807) is 19.1 Å². The highest BCUT2D eigenvalue weighted by molar-refractivity contribution is 6.35. The maximum atomic E-state index is 15.8. The van der Waals surface area contributed by atoms with Gasteiger partial charge < -0.3 is 15.0 Å². The van der Waals surface area contributed by atoms with Crippen LogP contribution in [0.4, 0.5) is 4.39 Å². The number of allylic oxidation sites excluding steroid dienone is 2. The van der Waals surface area contributed by atoms with Crippen LogP contribution in [0, 0.1) is 5.82 Å². The summed E-state index contributed by atoms with van der Waals surface area (Å²) in [7, 11) is 0. The largest absolute Gasteiger partial charge is 0.483 e. The van der Waals surface area contributed by atoms with Gasteiger partial charge in [-0.1, -0.05) is 29.3 Å². The number of nitrogens with one attached hydrogen (secondary N) is 2. The Kier molecular flexibility index (Phi) is 6.29. The summed E-state index contributed by atoms with van der Waals surface area (Å²) in [6.07, 6.45) is 9.10. The van der Waals surface area contributed by atoms with Crippen molar-refractivity contribution in [1.82, 2.24) is 30.3 Å². The summed E-state index contributed by atoms with van der Waals surface area (Å²) in [5.74, 6) is 0.730. The Labute approximate surface area is 225 Å². The molecule has 0 aliphatic carbocycles. The Balaban J connectivity index is 1.22. The number of fused-ring (bicyclic) bond motifs is 1. The van der Waals surface area contributed by atoms with E-state index in [0.29, 0.717) is 38.8 Å². The van der Waals surface area contributed by atoms with Crippen LogP contribution in [-0.2, 0) is 0 Å². The molecule has 1 atom stereocenters. The van der Waals surface area contributed by atoms with E-state index in [9.17, 15) is 0 Å². The first-order chi connectivity index (χ1) is 17.8. The normalized spacial score (nSPS) is 20.3. The molecule has 5 heterocycles. The first kappa shape index (κ1) is 24.5. The summed E-state index contributed by atoms with van der Waals surface area (Å²) < 4.78 is 21.7. The quantitative estimate of drug-likeness (QED) is 0.426. The van der Waals surface area contributed by atoms with E-state index in [1.165, 1.54) is 38.3 Å². The van der Waals surface area contributed by atoms with Crippen LogP contribution < -0.4 is 10.1 Å². The lowest BCUT2D eigenvalue weighted by molar-refractivity contribution is -0.0136. The lowest BCUT2D eigenvalue weighted by Crippen LogP contribution is -2.68. The van der Waals surface area contributed by atoms with E-state index in [-0.39, 0.29) is 11.3 Å². The molecular formula is C27H29Cl2FN6O. The number of ether oxygens (including phenoxy) is 1. The van der Waals surface area contributed by atoms with Crippen LogP contribution in [0.2, 0.25) is 10.0 Å². The molecule has 0 spiro atoms. The maximum absolute atomic E-state index is 15.8. The molecule has 0 amide bonds. The van der Waals surface area contributed by atoms with Gasteiger partial charge in [0.05, 0.1) is 26.5 Å². The first-order valence-corrected chi connectivity index (χ1v) is 13.4. The highest BCUT2D eigenvalue weighted by Crippen LogP contribution is 2.37. The molecule has 3 aliphatic heterocycles. The summed E-state index contributed by atoms with van der Waals surface area (Å²) in [6.45, 7) is 9.12. The fraction of sp³-hybridized carbons (Fsp3) is 0.407. The predicted octanol–water partition coefficient (Wildman–Crippen LogP) is 5.54. The van der Waals surface area contributed by atoms with Gasteiger partial charge in [0.15, 0.2) is 11.6 Å². The zero-order chi connectivity index (χ0) is 25.7. The lowest BCUT2D eigenvalue weighted by Gasteiger charge is -2.55. The number of hydrogen-bond acceptors (Lipinski definition) is 6. The third-order valence-electron chi connectivity index (χ3n) is 7.71. The van der Waals surface area contributed by atoms with E-state index < -0.39 is 11.9 Å². The van der Waals surface area contributed by atoms with Gasteiger partial charge in [-0.05, 0) is 63.6 Å². The van der Waals surface area contributed by atoms with Gasteiger partial charge >= 0.3 is 0 Å². The standard InChI is InChI=1S/C27H29Cl2FN6O/c1-16(23-18(28)12-31-13-19(23)29)37-21-7-6-20-24(25(21)30)26(34-33-20)17-5-8-22(32-11-17)35-14-27(2,15-35)36-9-3-4-10-36/h5-8,12-13,16,32H,3-4,9-11,14-15H2,1-2H3,(H,33,34)/t16-/m1/s1. The molecular weight excluding hydrogens is 514 g/mol. The Morgan fingerprint density at radius 2 is 1.84 bits per heavy atom. The number of rotatable bonds is 6. The Hall–Kier alpha value is -2.81. The van der Waals surface area contributed by atoms with Crippen molar-refractivity contribution in [1.29, 1.82) is 0 Å². The summed E-state index contributed by atoms with van der Waals surface area (Å²) in [5, 5.41) is 12.0. The number of benzene rings is 1. The number of pyridine rings is 1. The van der Waals surface area contributed by atoms with Crippen molar-refractivity contribution in [3.63, 3.8) is 0 Å². The van der Waals surface area contributed by atoms with Gasteiger partial charge in [-0.3, -0.25) is 15.0 Å². The fourth-order valence-electron chi connectivity index (χ4n) is 5.70.